The molecule has 7 heteroatoms. The summed E-state index contributed by atoms with van der Waals surface area (Å²) in [5.41, 5.74) is 4.09. The Hall–Kier alpha value is -3.34. The van der Waals surface area contributed by atoms with Gasteiger partial charge in [-0.3, -0.25) is 9.88 Å². The second-order valence-corrected chi connectivity index (χ2v) is 8.51. The maximum atomic E-state index is 9.01. The Bertz CT molecular complexity index is 1160. The van der Waals surface area contributed by atoms with E-state index in [0.717, 1.165) is 41.1 Å². The fourth-order valence-corrected chi connectivity index (χ4v) is 3.75. The summed E-state index contributed by atoms with van der Waals surface area (Å²) >= 11 is 3.50. The summed E-state index contributed by atoms with van der Waals surface area (Å²) in [6.45, 7) is 2.95. The summed E-state index contributed by atoms with van der Waals surface area (Å²) in [6, 6.07) is 24.2. The van der Waals surface area contributed by atoms with E-state index in [2.05, 4.69) is 70.9 Å². The summed E-state index contributed by atoms with van der Waals surface area (Å²) in [6.07, 6.45) is 4.53. The number of pyridine rings is 1. The molecule has 0 aliphatic heterocycles. The first-order chi connectivity index (χ1) is 15.7. The summed E-state index contributed by atoms with van der Waals surface area (Å²) in [7, 11) is 0. The minimum Gasteiger partial charge on any atom is -0.312 e. The van der Waals surface area contributed by atoms with Gasteiger partial charge >= 0.3 is 0 Å². The van der Waals surface area contributed by atoms with Gasteiger partial charge in [0.2, 0.25) is 0 Å². The van der Waals surface area contributed by atoms with Gasteiger partial charge in [-0.15, -0.1) is 10.2 Å². The number of halogens is 1. The summed E-state index contributed by atoms with van der Waals surface area (Å²) in [5, 5.41) is 17.5. The van der Waals surface area contributed by atoms with Gasteiger partial charge in [0, 0.05) is 23.8 Å². The minimum atomic E-state index is 0.659. The van der Waals surface area contributed by atoms with E-state index >= 15 is 0 Å². The topological polar surface area (TPSA) is 70.6 Å². The van der Waals surface area contributed by atoms with Crippen LogP contribution in [0.2, 0.25) is 0 Å². The number of nitrogens with zero attached hydrogens (tertiary/aromatic N) is 6. The molecular formula is C25H23BrN6. The van der Waals surface area contributed by atoms with Gasteiger partial charge in [-0.2, -0.15) is 5.26 Å². The summed E-state index contributed by atoms with van der Waals surface area (Å²) in [4.78, 5) is 6.85. The van der Waals surface area contributed by atoms with E-state index in [1.165, 1.54) is 5.56 Å². The lowest BCUT2D eigenvalue weighted by Gasteiger charge is -2.22. The smallest absolute Gasteiger partial charge is 0.147 e. The molecule has 0 saturated heterocycles. The van der Waals surface area contributed by atoms with E-state index in [9.17, 15) is 0 Å². The molecule has 0 aliphatic carbocycles. The molecule has 0 radical (unpaired) electrons. The zero-order valence-electron chi connectivity index (χ0n) is 17.6. The van der Waals surface area contributed by atoms with Crippen molar-refractivity contribution < 1.29 is 0 Å². The number of rotatable bonds is 9. The van der Waals surface area contributed by atoms with Gasteiger partial charge in [0.15, 0.2) is 0 Å². The van der Waals surface area contributed by atoms with Gasteiger partial charge < -0.3 is 4.57 Å². The molecule has 0 N–H and O–H groups in total. The monoisotopic (exact) mass is 486 g/mol. The zero-order valence-corrected chi connectivity index (χ0v) is 19.2. The van der Waals surface area contributed by atoms with E-state index in [1.807, 2.05) is 48.7 Å². The van der Waals surface area contributed by atoms with Crippen LogP contribution in [0.1, 0.15) is 28.2 Å². The van der Waals surface area contributed by atoms with E-state index in [4.69, 9.17) is 5.26 Å². The Labute approximate surface area is 196 Å². The minimum absolute atomic E-state index is 0.659. The standard InChI is InChI=1S/C25H23BrN6/c26-23-10-8-20(9-11-23)12-14-31(17-24-3-1-2-13-28-24)18-25-30-29-19-32(25)16-22-6-4-21(15-27)5-7-22/h1-11,13,19H,12,14,16-18H2. The molecule has 0 fully saturated rings. The molecule has 0 amide bonds. The molecule has 2 aromatic heterocycles. The largest absolute Gasteiger partial charge is 0.312 e. The summed E-state index contributed by atoms with van der Waals surface area (Å²) < 4.78 is 3.15. The van der Waals surface area contributed by atoms with E-state index < -0.39 is 0 Å². The van der Waals surface area contributed by atoms with Crippen LogP contribution in [0, 0.1) is 11.3 Å². The normalized spacial score (nSPS) is 10.9. The van der Waals surface area contributed by atoms with Gasteiger partial charge in [0.1, 0.15) is 12.2 Å². The molecule has 32 heavy (non-hydrogen) atoms. The molecular weight excluding hydrogens is 464 g/mol. The predicted octanol–water partition coefficient (Wildman–Crippen LogP) is 4.60. The molecule has 0 aliphatic rings. The molecule has 160 valence electrons. The highest BCUT2D eigenvalue weighted by Gasteiger charge is 2.13. The molecule has 0 bridgehead atoms. The van der Waals surface area contributed by atoms with Gasteiger partial charge in [0.05, 0.1) is 30.4 Å². The lowest BCUT2D eigenvalue weighted by atomic mass is 10.1. The highest BCUT2D eigenvalue weighted by molar-refractivity contribution is 9.10. The second kappa shape index (κ2) is 10.8. The van der Waals surface area contributed by atoms with Crippen LogP contribution in [0.5, 0.6) is 0 Å². The number of hydrogen-bond acceptors (Lipinski definition) is 5. The third kappa shape index (κ3) is 6.10. The van der Waals surface area contributed by atoms with Gasteiger partial charge in [0.25, 0.3) is 0 Å². The molecule has 6 nitrogen and oxygen atoms in total. The van der Waals surface area contributed by atoms with Gasteiger partial charge in [-0.1, -0.05) is 46.3 Å². The molecule has 2 aromatic carbocycles. The molecule has 0 saturated carbocycles. The van der Waals surface area contributed by atoms with E-state index in [0.29, 0.717) is 18.7 Å². The van der Waals surface area contributed by atoms with Crippen molar-refractivity contribution in [1.82, 2.24) is 24.6 Å². The highest BCUT2D eigenvalue weighted by atomic mass is 79.9. The van der Waals surface area contributed by atoms with Crippen LogP contribution >= 0.6 is 15.9 Å². The summed E-state index contributed by atoms with van der Waals surface area (Å²) in [5.74, 6) is 0.904. The Morgan fingerprint density at radius 2 is 1.72 bits per heavy atom. The van der Waals surface area contributed by atoms with E-state index in [-0.39, 0.29) is 0 Å². The number of benzene rings is 2. The maximum Gasteiger partial charge on any atom is 0.147 e. The van der Waals surface area contributed by atoms with Crippen molar-refractivity contribution >= 4 is 15.9 Å². The first-order valence-corrected chi connectivity index (χ1v) is 11.2. The van der Waals surface area contributed by atoms with Crippen molar-refractivity contribution in [3.8, 4) is 6.07 Å². The second-order valence-electron chi connectivity index (χ2n) is 7.59. The maximum absolute atomic E-state index is 9.01. The number of hydrogen-bond donors (Lipinski definition) is 0. The van der Waals surface area contributed by atoms with Crippen LogP contribution in [0.15, 0.2) is 83.7 Å². The third-order valence-corrected chi connectivity index (χ3v) is 5.77. The lowest BCUT2D eigenvalue weighted by Crippen LogP contribution is -2.27. The van der Waals surface area contributed by atoms with Crippen molar-refractivity contribution in [3.05, 3.63) is 112 Å². The van der Waals surface area contributed by atoms with Crippen molar-refractivity contribution in [2.75, 3.05) is 6.54 Å². The van der Waals surface area contributed by atoms with Crippen molar-refractivity contribution in [2.24, 2.45) is 0 Å². The van der Waals surface area contributed by atoms with Crippen molar-refractivity contribution in [2.45, 2.75) is 26.1 Å². The van der Waals surface area contributed by atoms with Crippen molar-refractivity contribution in [1.29, 1.82) is 5.26 Å². The first-order valence-electron chi connectivity index (χ1n) is 10.4. The third-order valence-electron chi connectivity index (χ3n) is 5.24. The lowest BCUT2D eigenvalue weighted by molar-refractivity contribution is 0.247. The van der Waals surface area contributed by atoms with Crippen LogP contribution in [-0.2, 0) is 26.1 Å². The molecule has 0 atom stereocenters. The van der Waals surface area contributed by atoms with Gasteiger partial charge in [-0.25, -0.2) is 0 Å². The fraction of sp³-hybridized carbons (Fsp3) is 0.200. The average Bonchev–Trinajstić information content (AvgIpc) is 3.26. The quantitative estimate of drug-likeness (QED) is 0.345. The van der Waals surface area contributed by atoms with Crippen LogP contribution in [-0.4, -0.2) is 31.2 Å². The van der Waals surface area contributed by atoms with Crippen molar-refractivity contribution in [3.63, 3.8) is 0 Å². The zero-order chi connectivity index (χ0) is 22.2. The molecule has 4 rings (SSSR count). The first kappa shape index (κ1) is 21.9. The Morgan fingerprint density at radius 1 is 0.938 bits per heavy atom. The van der Waals surface area contributed by atoms with E-state index in [1.54, 1.807) is 6.33 Å². The molecule has 2 heterocycles. The predicted molar refractivity (Wildman–Crippen MR) is 126 cm³/mol. The van der Waals surface area contributed by atoms with Crippen LogP contribution in [0.3, 0.4) is 0 Å². The number of nitriles is 1. The highest BCUT2D eigenvalue weighted by Crippen LogP contribution is 2.14. The van der Waals surface area contributed by atoms with Crippen LogP contribution in [0.4, 0.5) is 0 Å². The van der Waals surface area contributed by atoms with Crippen LogP contribution < -0.4 is 0 Å². The fourth-order valence-electron chi connectivity index (χ4n) is 3.49. The van der Waals surface area contributed by atoms with Crippen LogP contribution in [0.25, 0.3) is 0 Å². The van der Waals surface area contributed by atoms with Gasteiger partial charge in [-0.05, 0) is 53.9 Å². The molecule has 0 spiro atoms. The Kier molecular flexibility index (Phi) is 7.38. The Morgan fingerprint density at radius 3 is 2.44 bits per heavy atom. The Balaban J connectivity index is 1.48. The number of aromatic nitrogens is 4. The average molecular weight is 487 g/mol. The SMILES string of the molecule is N#Cc1ccc(Cn2cnnc2CN(CCc2ccc(Br)cc2)Cc2ccccn2)cc1. The molecule has 0 unspecified atom stereocenters. The molecule has 4 aromatic rings.